The number of likely N-dealkylation sites (tertiary alicyclic amines) is 1. The quantitative estimate of drug-likeness (QED) is 0.790. The van der Waals surface area contributed by atoms with E-state index in [0.29, 0.717) is 23.5 Å². The molecule has 22 heavy (non-hydrogen) atoms. The van der Waals surface area contributed by atoms with Crippen molar-refractivity contribution in [2.24, 2.45) is 5.92 Å². The molecule has 0 saturated carbocycles. The summed E-state index contributed by atoms with van der Waals surface area (Å²) in [5.74, 6) is 0.266. The van der Waals surface area contributed by atoms with Gasteiger partial charge in [-0.1, -0.05) is 6.92 Å². The summed E-state index contributed by atoms with van der Waals surface area (Å²) < 4.78 is 43.7. The number of hydrogen-bond acceptors (Lipinski definition) is 2. The number of ether oxygens (including phenoxy) is 1. The monoisotopic (exact) mass is 379 g/mol. The molecule has 1 saturated heterocycles. The number of alkyl halides is 3. The van der Waals surface area contributed by atoms with Crippen LogP contribution in [0.15, 0.2) is 22.7 Å². The number of benzene rings is 1. The standard InChI is InChI=1S/C15H17BrF3NO2/c1-10-3-2-6-20(8-10)14(21)9-22-13-7-11(15(17,18)19)4-5-12(13)16/h4-5,7,10H,2-3,6,8-9H2,1H3. The van der Waals surface area contributed by atoms with Crippen molar-refractivity contribution in [2.45, 2.75) is 25.9 Å². The van der Waals surface area contributed by atoms with Crippen LogP contribution in [-0.4, -0.2) is 30.5 Å². The molecule has 1 heterocycles. The number of rotatable bonds is 3. The second-order valence-electron chi connectivity index (χ2n) is 5.52. The van der Waals surface area contributed by atoms with Crippen molar-refractivity contribution < 1.29 is 22.7 Å². The summed E-state index contributed by atoms with van der Waals surface area (Å²) in [6.07, 6.45) is -2.41. The maximum Gasteiger partial charge on any atom is 0.416 e. The van der Waals surface area contributed by atoms with Gasteiger partial charge in [0.1, 0.15) is 5.75 Å². The Balaban J connectivity index is 2.00. The van der Waals surface area contributed by atoms with Crippen LogP contribution in [0.2, 0.25) is 0 Å². The van der Waals surface area contributed by atoms with Crippen LogP contribution in [0.25, 0.3) is 0 Å². The maximum absolute atomic E-state index is 12.7. The summed E-state index contributed by atoms with van der Waals surface area (Å²) in [6.45, 7) is 3.17. The van der Waals surface area contributed by atoms with E-state index in [1.807, 2.05) is 0 Å². The van der Waals surface area contributed by atoms with Gasteiger partial charge in [-0.3, -0.25) is 4.79 Å². The third-order valence-electron chi connectivity index (χ3n) is 3.62. The number of halogens is 4. The molecule has 1 unspecified atom stereocenters. The summed E-state index contributed by atoms with van der Waals surface area (Å²) in [6, 6.07) is 3.13. The lowest BCUT2D eigenvalue weighted by molar-refractivity contribution is -0.137. The third kappa shape index (κ3) is 4.38. The molecule has 3 nitrogen and oxygen atoms in total. The van der Waals surface area contributed by atoms with Crippen LogP contribution in [0.1, 0.15) is 25.3 Å². The molecule has 1 aliphatic heterocycles. The zero-order chi connectivity index (χ0) is 16.3. The minimum Gasteiger partial charge on any atom is -0.483 e. The Morgan fingerprint density at radius 3 is 2.82 bits per heavy atom. The van der Waals surface area contributed by atoms with Crippen LogP contribution >= 0.6 is 15.9 Å². The molecule has 1 fully saturated rings. The van der Waals surface area contributed by atoms with Crippen LogP contribution in [0.5, 0.6) is 5.75 Å². The topological polar surface area (TPSA) is 29.5 Å². The molecule has 1 aromatic rings. The van der Waals surface area contributed by atoms with Crippen LogP contribution in [0.4, 0.5) is 13.2 Å². The Kier molecular flexibility index (Phi) is 5.36. The predicted molar refractivity (Wildman–Crippen MR) is 79.6 cm³/mol. The van der Waals surface area contributed by atoms with E-state index in [-0.39, 0.29) is 18.3 Å². The van der Waals surface area contributed by atoms with Gasteiger partial charge in [0, 0.05) is 13.1 Å². The van der Waals surface area contributed by atoms with Crippen LogP contribution in [-0.2, 0) is 11.0 Å². The van der Waals surface area contributed by atoms with Crippen LogP contribution in [0, 0.1) is 5.92 Å². The van der Waals surface area contributed by atoms with Gasteiger partial charge in [0.15, 0.2) is 6.61 Å². The first-order chi connectivity index (χ1) is 10.3. The van der Waals surface area contributed by atoms with Crippen LogP contribution in [0.3, 0.4) is 0 Å². The summed E-state index contributed by atoms with van der Waals surface area (Å²) in [4.78, 5) is 13.8. The molecule has 1 atom stereocenters. The molecule has 1 aliphatic rings. The molecular weight excluding hydrogens is 363 g/mol. The number of nitrogens with zero attached hydrogens (tertiary/aromatic N) is 1. The number of carbonyl (C=O) groups excluding carboxylic acids is 1. The SMILES string of the molecule is CC1CCCN(C(=O)COc2cc(C(F)(F)F)ccc2Br)C1. The fraction of sp³-hybridized carbons (Fsp3) is 0.533. The minimum absolute atomic E-state index is 0.0215. The normalized spacial score (nSPS) is 19.1. The number of piperidine rings is 1. The zero-order valence-corrected chi connectivity index (χ0v) is 13.7. The summed E-state index contributed by atoms with van der Waals surface area (Å²) in [5.41, 5.74) is -0.801. The van der Waals surface area contributed by atoms with Gasteiger partial charge in [-0.05, 0) is 52.9 Å². The molecule has 7 heteroatoms. The van der Waals surface area contributed by atoms with Gasteiger partial charge in [0.25, 0.3) is 5.91 Å². The first-order valence-electron chi connectivity index (χ1n) is 7.04. The number of amides is 1. The Hall–Kier alpha value is -1.24. The molecular formula is C15H17BrF3NO2. The van der Waals surface area contributed by atoms with Crippen molar-refractivity contribution in [2.75, 3.05) is 19.7 Å². The van der Waals surface area contributed by atoms with Gasteiger partial charge < -0.3 is 9.64 Å². The molecule has 1 aromatic carbocycles. The van der Waals surface area contributed by atoms with Gasteiger partial charge in [0.2, 0.25) is 0 Å². The molecule has 1 amide bonds. The molecule has 0 N–H and O–H groups in total. The average molecular weight is 380 g/mol. The van der Waals surface area contributed by atoms with E-state index in [1.165, 1.54) is 6.07 Å². The Morgan fingerprint density at radius 2 is 2.18 bits per heavy atom. The van der Waals surface area contributed by atoms with Crippen molar-refractivity contribution in [3.63, 3.8) is 0 Å². The lowest BCUT2D eigenvalue weighted by Gasteiger charge is -2.30. The molecule has 122 valence electrons. The lowest BCUT2D eigenvalue weighted by atomic mass is 10.0. The van der Waals surface area contributed by atoms with Gasteiger partial charge in [0.05, 0.1) is 10.0 Å². The average Bonchev–Trinajstić information content (AvgIpc) is 2.44. The Bertz CT molecular complexity index is 548. The Morgan fingerprint density at radius 1 is 1.45 bits per heavy atom. The van der Waals surface area contributed by atoms with Crippen molar-refractivity contribution >= 4 is 21.8 Å². The second kappa shape index (κ2) is 6.89. The van der Waals surface area contributed by atoms with E-state index < -0.39 is 11.7 Å². The van der Waals surface area contributed by atoms with E-state index in [4.69, 9.17) is 4.74 Å². The van der Waals surface area contributed by atoms with E-state index in [0.717, 1.165) is 25.0 Å². The van der Waals surface area contributed by atoms with Gasteiger partial charge >= 0.3 is 6.18 Å². The third-order valence-corrected chi connectivity index (χ3v) is 4.27. The van der Waals surface area contributed by atoms with Crippen molar-refractivity contribution in [3.05, 3.63) is 28.2 Å². The van der Waals surface area contributed by atoms with Crippen molar-refractivity contribution in [1.29, 1.82) is 0 Å². The van der Waals surface area contributed by atoms with Gasteiger partial charge in [-0.25, -0.2) is 0 Å². The van der Waals surface area contributed by atoms with Crippen molar-refractivity contribution in [1.82, 2.24) is 4.90 Å². The maximum atomic E-state index is 12.7. The molecule has 0 spiro atoms. The highest BCUT2D eigenvalue weighted by Crippen LogP contribution is 2.35. The van der Waals surface area contributed by atoms with E-state index >= 15 is 0 Å². The molecule has 0 aliphatic carbocycles. The summed E-state index contributed by atoms with van der Waals surface area (Å²) >= 11 is 3.14. The first-order valence-corrected chi connectivity index (χ1v) is 7.84. The summed E-state index contributed by atoms with van der Waals surface area (Å²) in [5, 5.41) is 0. The van der Waals surface area contributed by atoms with Gasteiger partial charge in [-0.15, -0.1) is 0 Å². The fourth-order valence-electron chi connectivity index (χ4n) is 2.44. The largest absolute Gasteiger partial charge is 0.483 e. The predicted octanol–water partition coefficient (Wildman–Crippen LogP) is 4.11. The minimum atomic E-state index is -4.44. The Labute approximate surface area is 135 Å². The number of carbonyl (C=O) groups is 1. The first kappa shape index (κ1) is 17.1. The van der Waals surface area contributed by atoms with E-state index in [1.54, 1.807) is 4.90 Å². The highest BCUT2D eigenvalue weighted by atomic mass is 79.9. The summed E-state index contributed by atoms with van der Waals surface area (Å²) in [7, 11) is 0. The highest BCUT2D eigenvalue weighted by Gasteiger charge is 2.31. The van der Waals surface area contributed by atoms with Gasteiger partial charge in [-0.2, -0.15) is 13.2 Å². The lowest BCUT2D eigenvalue weighted by Crippen LogP contribution is -2.41. The zero-order valence-electron chi connectivity index (χ0n) is 12.1. The molecule has 0 bridgehead atoms. The highest BCUT2D eigenvalue weighted by molar-refractivity contribution is 9.10. The van der Waals surface area contributed by atoms with Crippen molar-refractivity contribution in [3.8, 4) is 5.75 Å². The van der Waals surface area contributed by atoms with E-state index in [9.17, 15) is 18.0 Å². The smallest absolute Gasteiger partial charge is 0.416 e. The molecule has 0 radical (unpaired) electrons. The van der Waals surface area contributed by atoms with E-state index in [2.05, 4.69) is 22.9 Å². The second-order valence-corrected chi connectivity index (χ2v) is 6.37. The molecule has 2 rings (SSSR count). The van der Waals surface area contributed by atoms with Crippen LogP contribution < -0.4 is 4.74 Å². The fourth-order valence-corrected chi connectivity index (χ4v) is 2.80. The number of hydrogen-bond donors (Lipinski definition) is 0. The molecule has 0 aromatic heterocycles.